The van der Waals surface area contributed by atoms with Crippen LogP contribution in [0.1, 0.15) is 27.2 Å². The first kappa shape index (κ1) is 8.48. The van der Waals surface area contributed by atoms with E-state index in [0.29, 0.717) is 5.92 Å². The van der Waals surface area contributed by atoms with Crippen LogP contribution in [0.2, 0.25) is 0 Å². The molecular formula is C9H15. The van der Waals surface area contributed by atoms with Gasteiger partial charge in [0.2, 0.25) is 0 Å². The summed E-state index contributed by atoms with van der Waals surface area (Å²) in [6.45, 7) is 11.7. The molecule has 0 heterocycles. The van der Waals surface area contributed by atoms with Crippen LogP contribution < -0.4 is 0 Å². The van der Waals surface area contributed by atoms with Crippen molar-refractivity contribution in [2.24, 2.45) is 5.92 Å². The maximum atomic E-state index is 5.28. The molecule has 9 heavy (non-hydrogen) atoms. The number of allylic oxidation sites excluding steroid dienone is 3. The quantitative estimate of drug-likeness (QED) is 0.506. The topological polar surface area (TPSA) is 0 Å². The Morgan fingerprint density at radius 3 is 2.56 bits per heavy atom. The molecule has 0 aromatic rings. The molecular weight excluding hydrogens is 108 g/mol. The van der Waals surface area contributed by atoms with Crippen molar-refractivity contribution in [2.45, 2.75) is 27.2 Å². The van der Waals surface area contributed by atoms with Crippen LogP contribution in [0.5, 0.6) is 0 Å². The van der Waals surface area contributed by atoms with Crippen molar-refractivity contribution < 1.29 is 0 Å². The Labute approximate surface area is 58.3 Å². The number of rotatable bonds is 3. The first-order valence-corrected chi connectivity index (χ1v) is 3.44. The second-order valence-corrected chi connectivity index (χ2v) is 2.46. The minimum atomic E-state index is 0.657. The van der Waals surface area contributed by atoms with Crippen LogP contribution in [0.4, 0.5) is 0 Å². The van der Waals surface area contributed by atoms with Gasteiger partial charge in [-0.3, -0.25) is 0 Å². The molecule has 0 heteroatoms. The summed E-state index contributed by atoms with van der Waals surface area (Å²) in [7, 11) is 0. The summed E-state index contributed by atoms with van der Waals surface area (Å²) < 4.78 is 0. The summed E-state index contributed by atoms with van der Waals surface area (Å²) in [5, 5.41) is 0. The van der Waals surface area contributed by atoms with Crippen molar-refractivity contribution in [2.75, 3.05) is 0 Å². The van der Waals surface area contributed by atoms with Crippen molar-refractivity contribution >= 4 is 0 Å². The van der Waals surface area contributed by atoms with Crippen molar-refractivity contribution in [3.63, 3.8) is 0 Å². The minimum absolute atomic E-state index is 0.657. The van der Waals surface area contributed by atoms with Crippen molar-refractivity contribution in [3.8, 4) is 0 Å². The standard InChI is InChI=1S/C9H15/c1-5-8(3)7-9(4)6-2/h1,5,7,9H,6H2,2-4H3/b5-1?,8-7+. The van der Waals surface area contributed by atoms with Crippen LogP contribution in [-0.4, -0.2) is 0 Å². The molecule has 0 saturated carbocycles. The molecule has 1 radical (unpaired) electrons. The fourth-order valence-electron chi connectivity index (χ4n) is 0.622. The van der Waals surface area contributed by atoms with E-state index in [1.165, 1.54) is 12.0 Å². The normalized spacial score (nSPS) is 15.2. The average Bonchev–Trinajstić information content (AvgIpc) is 1.87. The molecule has 0 nitrogen and oxygen atoms in total. The second-order valence-electron chi connectivity index (χ2n) is 2.46. The van der Waals surface area contributed by atoms with Crippen LogP contribution in [0.25, 0.3) is 0 Å². The Morgan fingerprint density at radius 1 is 1.67 bits per heavy atom. The first-order valence-electron chi connectivity index (χ1n) is 3.44. The Bertz CT molecular complexity index is 109. The Kier molecular flexibility index (Phi) is 4.12. The summed E-state index contributed by atoms with van der Waals surface area (Å²) in [6, 6.07) is 0. The van der Waals surface area contributed by atoms with E-state index >= 15 is 0 Å². The van der Waals surface area contributed by atoms with Crippen molar-refractivity contribution in [3.05, 3.63) is 24.3 Å². The van der Waals surface area contributed by atoms with Crippen molar-refractivity contribution in [1.29, 1.82) is 0 Å². The lowest BCUT2D eigenvalue weighted by atomic mass is 10.1. The van der Waals surface area contributed by atoms with E-state index in [-0.39, 0.29) is 0 Å². The molecule has 0 aliphatic rings. The maximum absolute atomic E-state index is 5.28. The van der Waals surface area contributed by atoms with E-state index in [1.807, 2.05) is 6.92 Å². The van der Waals surface area contributed by atoms with Gasteiger partial charge in [-0.05, 0) is 12.8 Å². The van der Waals surface area contributed by atoms with Crippen LogP contribution >= 0.6 is 0 Å². The minimum Gasteiger partial charge on any atom is -0.0788 e. The van der Waals surface area contributed by atoms with Gasteiger partial charge in [0, 0.05) is 0 Å². The van der Waals surface area contributed by atoms with Gasteiger partial charge >= 0.3 is 0 Å². The van der Waals surface area contributed by atoms with Crippen molar-refractivity contribution in [1.82, 2.24) is 0 Å². The zero-order valence-electron chi connectivity index (χ0n) is 6.52. The Hall–Kier alpha value is -0.520. The van der Waals surface area contributed by atoms with Crippen LogP contribution in [-0.2, 0) is 0 Å². The summed E-state index contributed by atoms with van der Waals surface area (Å²) in [4.78, 5) is 0. The summed E-state index contributed by atoms with van der Waals surface area (Å²) >= 11 is 0. The molecule has 0 bridgehead atoms. The third-order valence-corrected chi connectivity index (χ3v) is 1.45. The van der Waals surface area contributed by atoms with Gasteiger partial charge in [-0.15, -0.1) is 0 Å². The zero-order valence-corrected chi connectivity index (χ0v) is 6.52. The molecule has 51 valence electrons. The van der Waals surface area contributed by atoms with E-state index in [9.17, 15) is 0 Å². The predicted octanol–water partition coefficient (Wildman–Crippen LogP) is 2.97. The molecule has 0 rings (SSSR count). The van der Waals surface area contributed by atoms with Gasteiger partial charge < -0.3 is 0 Å². The highest BCUT2D eigenvalue weighted by Crippen LogP contribution is 2.06. The van der Waals surface area contributed by atoms with Gasteiger partial charge in [0.1, 0.15) is 0 Å². The average molecular weight is 123 g/mol. The molecule has 0 spiro atoms. The van der Waals surface area contributed by atoms with E-state index in [1.54, 1.807) is 6.08 Å². The molecule has 0 fully saturated rings. The van der Waals surface area contributed by atoms with Gasteiger partial charge in [0.25, 0.3) is 0 Å². The van der Waals surface area contributed by atoms with Crippen LogP contribution in [0.15, 0.2) is 17.7 Å². The zero-order chi connectivity index (χ0) is 7.28. The third-order valence-electron chi connectivity index (χ3n) is 1.45. The van der Waals surface area contributed by atoms with E-state index < -0.39 is 0 Å². The third kappa shape index (κ3) is 4.01. The highest BCUT2D eigenvalue weighted by atomic mass is 14.0. The van der Waals surface area contributed by atoms with Crippen LogP contribution in [0, 0.1) is 12.5 Å². The van der Waals surface area contributed by atoms with Gasteiger partial charge in [0.15, 0.2) is 0 Å². The van der Waals surface area contributed by atoms with Gasteiger partial charge in [0.05, 0.1) is 0 Å². The van der Waals surface area contributed by atoms with E-state index in [0.717, 1.165) is 0 Å². The SMILES string of the molecule is [CH]=C/C(C)=C/C(C)CC. The van der Waals surface area contributed by atoms with Crippen LogP contribution in [0.3, 0.4) is 0 Å². The Balaban J connectivity index is 3.78. The molecule has 0 aromatic carbocycles. The van der Waals surface area contributed by atoms with E-state index in [2.05, 4.69) is 19.9 Å². The summed E-state index contributed by atoms with van der Waals surface area (Å²) in [5.41, 5.74) is 1.17. The molecule has 0 saturated heterocycles. The van der Waals surface area contributed by atoms with E-state index in [4.69, 9.17) is 6.58 Å². The molecule has 0 N–H and O–H groups in total. The highest BCUT2D eigenvalue weighted by molar-refractivity contribution is 5.12. The molecule has 0 amide bonds. The maximum Gasteiger partial charge on any atom is -0.0259 e. The first-order chi connectivity index (χ1) is 4.20. The molecule has 1 atom stereocenters. The lowest BCUT2D eigenvalue weighted by Gasteiger charge is -2.00. The fourth-order valence-corrected chi connectivity index (χ4v) is 0.622. The largest absolute Gasteiger partial charge is 0.0788 e. The highest BCUT2D eigenvalue weighted by Gasteiger charge is 1.90. The molecule has 1 unspecified atom stereocenters. The summed E-state index contributed by atoms with van der Waals surface area (Å²) in [5.74, 6) is 0.657. The van der Waals surface area contributed by atoms with Gasteiger partial charge in [-0.2, -0.15) is 0 Å². The lowest BCUT2D eigenvalue weighted by Crippen LogP contribution is -1.85. The van der Waals surface area contributed by atoms with Gasteiger partial charge in [-0.1, -0.05) is 44.6 Å². The summed E-state index contributed by atoms with van der Waals surface area (Å²) in [6.07, 6.45) is 5.01. The molecule has 0 aromatic heterocycles. The monoisotopic (exact) mass is 123 g/mol. The smallest absolute Gasteiger partial charge is 0.0259 e. The molecule has 0 aliphatic carbocycles. The predicted molar refractivity (Wildman–Crippen MR) is 42.1 cm³/mol. The number of hydrogen-bond acceptors (Lipinski definition) is 0. The fraction of sp³-hybridized carbons (Fsp3) is 0.556. The Morgan fingerprint density at radius 2 is 2.22 bits per heavy atom. The second kappa shape index (κ2) is 4.37. The number of hydrogen-bond donors (Lipinski definition) is 0. The van der Waals surface area contributed by atoms with Gasteiger partial charge in [-0.25, -0.2) is 0 Å². The molecule has 0 aliphatic heterocycles. The lowest BCUT2D eigenvalue weighted by molar-refractivity contribution is 0.694.